The van der Waals surface area contributed by atoms with Crippen LogP contribution in [0.5, 0.6) is 0 Å². The van der Waals surface area contributed by atoms with Gasteiger partial charge in [0.25, 0.3) is 11.8 Å². The normalized spacial score (nSPS) is 23.7. The number of rotatable bonds is 6. The molecule has 1 aromatic heterocycles. The third-order valence-corrected chi connectivity index (χ3v) is 5.21. The van der Waals surface area contributed by atoms with E-state index in [2.05, 4.69) is 20.8 Å². The van der Waals surface area contributed by atoms with Crippen LogP contribution in [0.25, 0.3) is 0 Å². The molecule has 9 heteroatoms. The van der Waals surface area contributed by atoms with Gasteiger partial charge in [-0.25, -0.2) is 0 Å². The second-order valence-corrected chi connectivity index (χ2v) is 7.42. The molecule has 9 nitrogen and oxygen atoms in total. The number of pyridine rings is 1. The number of likely N-dealkylation sites (tertiary alicyclic amines) is 1. The maximum Gasteiger partial charge on any atom is 0.266 e. The Morgan fingerprint density at radius 2 is 2.11 bits per heavy atom. The first-order chi connectivity index (χ1) is 13.6. The van der Waals surface area contributed by atoms with E-state index in [9.17, 15) is 14.4 Å². The van der Waals surface area contributed by atoms with Crippen molar-refractivity contribution in [3.8, 4) is 0 Å². The van der Waals surface area contributed by atoms with Crippen LogP contribution in [0, 0.1) is 5.92 Å². The van der Waals surface area contributed by atoms with Gasteiger partial charge in [-0.05, 0) is 31.4 Å². The maximum atomic E-state index is 12.6. The predicted molar refractivity (Wildman–Crippen MR) is 99.3 cm³/mol. The lowest BCUT2D eigenvalue weighted by Gasteiger charge is -2.19. The molecule has 3 aliphatic rings. The Morgan fingerprint density at radius 1 is 1.25 bits per heavy atom. The van der Waals surface area contributed by atoms with Crippen LogP contribution in [-0.4, -0.2) is 65.1 Å². The molecule has 28 heavy (non-hydrogen) atoms. The highest BCUT2D eigenvalue weighted by molar-refractivity contribution is 5.96. The first-order valence-corrected chi connectivity index (χ1v) is 9.59. The lowest BCUT2D eigenvalue weighted by atomic mass is 10.1. The minimum Gasteiger partial charge on any atom is -0.382 e. The highest BCUT2D eigenvalue weighted by Gasteiger charge is 2.40. The van der Waals surface area contributed by atoms with Gasteiger partial charge in [-0.2, -0.15) is 0 Å². The van der Waals surface area contributed by atoms with E-state index < -0.39 is 6.10 Å². The first-order valence-electron chi connectivity index (χ1n) is 9.59. The van der Waals surface area contributed by atoms with E-state index in [1.54, 1.807) is 23.2 Å². The topological polar surface area (TPSA) is 113 Å². The van der Waals surface area contributed by atoms with Gasteiger partial charge in [-0.15, -0.1) is 0 Å². The second kappa shape index (κ2) is 7.95. The Hall–Kier alpha value is -2.97. The molecule has 4 rings (SSSR count). The van der Waals surface area contributed by atoms with Gasteiger partial charge in [-0.1, -0.05) is 5.16 Å². The number of hydrogen-bond donors (Lipinski definition) is 2. The van der Waals surface area contributed by atoms with Crippen LogP contribution in [0.15, 0.2) is 29.7 Å². The van der Waals surface area contributed by atoms with Gasteiger partial charge in [0.2, 0.25) is 12.0 Å². The van der Waals surface area contributed by atoms with Crippen molar-refractivity contribution in [2.24, 2.45) is 11.1 Å². The lowest BCUT2D eigenvalue weighted by Crippen LogP contribution is -2.44. The number of aromatic nitrogens is 1. The highest BCUT2D eigenvalue weighted by atomic mass is 16.6. The van der Waals surface area contributed by atoms with Gasteiger partial charge in [0.15, 0.2) is 0 Å². The lowest BCUT2D eigenvalue weighted by molar-refractivity contribution is -0.141. The Morgan fingerprint density at radius 3 is 2.86 bits per heavy atom. The molecular weight excluding hydrogens is 362 g/mol. The molecule has 2 aliphatic heterocycles. The fourth-order valence-electron chi connectivity index (χ4n) is 3.51. The van der Waals surface area contributed by atoms with Gasteiger partial charge in [-0.3, -0.25) is 19.4 Å². The summed E-state index contributed by atoms with van der Waals surface area (Å²) in [6.07, 6.45) is 6.03. The summed E-state index contributed by atoms with van der Waals surface area (Å²) in [5.41, 5.74) is 1.41. The number of amides is 3. The van der Waals surface area contributed by atoms with Gasteiger partial charge in [0.05, 0.1) is 17.8 Å². The third kappa shape index (κ3) is 4.29. The van der Waals surface area contributed by atoms with Crippen molar-refractivity contribution in [3.05, 3.63) is 30.1 Å². The van der Waals surface area contributed by atoms with Crippen LogP contribution < -0.4 is 10.6 Å². The van der Waals surface area contributed by atoms with Crippen LogP contribution in [0.4, 0.5) is 0 Å². The molecule has 148 valence electrons. The molecule has 3 heterocycles. The van der Waals surface area contributed by atoms with Crippen molar-refractivity contribution in [2.45, 2.75) is 37.8 Å². The minimum atomic E-state index is -0.524. The standard InChI is InChI=1S/C19H23N5O4/c25-17(10-21-18(26)13-2-1-6-20-9-13)22-14-5-7-24(11-14)19(27)16-8-15(23-28-16)12-3-4-12/h1-2,6,9,12,14,16H,3-5,7-8,10-11H2,(H,21,26)(H,22,25). The van der Waals surface area contributed by atoms with Crippen LogP contribution in [0.2, 0.25) is 0 Å². The molecule has 1 saturated heterocycles. The SMILES string of the molecule is O=C(CNC(=O)c1cccnc1)NC1CCN(C(=O)C2CC(C3CC3)=NO2)C1. The Kier molecular flexibility index (Phi) is 5.23. The Bertz CT molecular complexity index is 793. The molecular formula is C19H23N5O4. The van der Waals surface area contributed by atoms with Gasteiger partial charge in [0, 0.05) is 43.9 Å². The molecule has 2 unspecified atom stereocenters. The average Bonchev–Trinajstić information content (AvgIpc) is 3.26. The fraction of sp³-hybridized carbons (Fsp3) is 0.526. The van der Waals surface area contributed by atoms with Crippen molar-refractivity contribution < 1.29 is 19.2 Å². The molecule has 2 fully saturated rings. The van der Waals surface area contributed by atoms with E-state index in [1.807, 2.05) is 0 Å². The molecule has 1 aliphatic carbocycles. The van der Waals surface area contributed by atoms with Crippen LogP contribution in [0.3, 0.4) is 0 Å². The first kappa shape index (κ1) is 18.4. The van der Waals surface area contributed by atoms with E-state index in [0.717, 1.165) is 18.6 Å². The molecule has 0 aromatic carbocycles. The monoisotopic (exact) mass is 385 g/mol. The maximum absolute atomic E-state index is 12.6. The number of nitrogens with one attached hydrogen (secondary N) is 2. The third-order valence-electron chi connectivity index (χ3n) is 5.21. The van der Waals surface area contributed by atoms with E-state index in [0.29, 0.717) is 37.4 Å². The summed E-state index contributed by atoms with van der Waals surface area (Å²) in [7, 11) is 0. The van der Waals surface area contributed by atoms with Crippen molar-refractivity contribution in [3.63, 3.8) is 0 Å². The van der Waals surface area contributed by atoms with Crippen molar-refractivity contribution in [1.82, 2.24) is 20.5 Å². The highest BCUT2D eigenvalue weighted by Crippen LogP contribution is 2.35. The summed E-state index contributed by atoms with van der Waals surface area (Å²) in [4.78, 5) is 47.6. The summed E-state index contributed by atoms with van der Waals surface area (Å²) >= 11 is 0. The van der Waals surface area contributed by atoms with Crippen molar-refractivity contribution in [2.75, 3.05) is 19.6 Å². The van der Waals surface area contributed by atoms with E-state index in [1.165, 1.54) is 6.20 Å². The van der Waals surface area contributed by atoms with E-state index in [4.69, 9.17) is 4.84 Å². The van der Waals surface area contributed by atoms with Gasteiger partial charge >= 0.3 is 0 Å². The molecule has 2 atom stereocenters. The summed E-state index contributed by atoms with van der Waals surface area (Å²) in [6.45, 7) is 0.896. The van der Waals surface area contributed by atoms with Gasteiger partial charge in [0.1, 0.15) is 0 Å². The zero-order chi connectivity index (χ0) is 19.5. The van der Waals surface area contributed by atoms with Gasteiger partial charge < -0.3 is 20.4 Å². The summed E-state index contributed by atoms with van der Waals surface area (Å²) in [5.74, 6) is -0.198. The molecule has 0 bridgehead atoms. The Balaban J connectivity index is 1.18. The summed E-state index contributed by atoms with van der Waals surface area (Å²) in [6, 6.07) is 3.16. The largest absolute Gasteiger partial charge is 0.382 e. The number of nitrogens with zero attached hydrogens (tertiary/aromatic N) is 3. The molecule has 0 spiro atoms. The van der Waals surface area contributed by atoms with Crippen LogP contribution >= 0.6 is 0 Å². The molecule has 0 radical (unpaired) electrons. The number of hydrogen-bond acceptors (Lipinski definition) is 6. The summed E-state index contributed by atoms with van der Waals surface area (Å²) in [5, 5.41) is 9.49. The zero-order valence-corrected chi connectivity index (χ0v) is 15.5. The van der Waals surface area contributed by atoms with E-state index >= 15 is 0 Å². The quantitative estimate of drug-likeness (QED) is 0.720. The smallest absolute Gasteiger partial charge is 0.266 e. The fourth-order valence-corrected chi connectivity index (χ4v) is 3.51. The molecule has 3 amide bonds. The molecule has 2 N–H and O–H groups in total. The zero-order valence-electron chi connectivity index (χ0n) is 15.5. The molecule has 1 aromatic rings. The van der Waals surface area contributed by atoms with Crippen LogP contribution in [0.1, 0.15) is 36.0 Å². The number of carbonyl (C=O) groups excluding carboxylic acids is 3. The number of oxime groups is 1. The average molecular weight is 385 g/mol. The van der Waals surface area contributed by atoms with Crippen LogP contribution in [-0.2, 0) is 14.4 Å². The minimum absolute atomic E-state index is 0.0685. The molecule has 1 saturated carbocycles. The number of carbonyl (C=O) groups is 3. The van der Waals surface area contributed by atoms with E-state index in [-0.39, 0.29) is 30.3 Å². The predicted octanol–water partition coefficient (Wildman–Crippen LogP) is 0.0834. The van der Waals surface area contributed by atoms with Crippen molar-refractivity contribution in [1.29, 1.82) is 0 Å². The second-order valence-electron chi connectivity index (χ2n) is 7.42. The summed E-state index contributed by atoms with van der Waals surface area (Å²) < 4.78 is 0. The Labute approximate surface area is 162 Å². The van der Waals surface area contributed by atoms with Crippen molar-refractivity contribution >= 4 is 23.4 Å².